The van der Waals surface area contributed by atoms with Crippen LogP contribution in [0.3, 0.4) is 0 Å². The molecule has 2 rings (SSSR count). The van der Waals surface area contributed by atoms with E-state index in [1.807, 2.05) is 0 Å². The standard InChI is InChI=1S/C20H25BrO9/c1-9-17(28-10(2)22)19(29-11(3)23)20(30-12(4)24)18(27-9)13-7-16(26-6)14(21)8-15(13)25-5/h7-9,17-20H,1-6H3/t9-,17+,18+,19+,20+/m0/s1. The van der Waals surface area contributed by atoms with E-state index in [2.05, 4.69) is 15.9 Å². The first-order valence-corrected chi connectivity index (χ1v) is 9.96. The summed E-state index contributed by atoms with van der Waals surface area (Å²) >= 11 is 3.40. The van der Waals surface area contributed by atoms with Crippen molar-refractivity contribution in [2.24, 2.45) is 0 Å². The highest BCUT2D eigenvalue weighted by atomic mass is 79.9. The van der Waals surface area contributed by atoms with Crippen molar-refractivity contribution in [2.75, 3.05) is 14.2 Å². The van der Waals surface area contributed by atoms with Crippen LogP contribution < -0.4 is 9.47 Å². The molecule has 30 heavy (non-hydrogen) atoms. The zero-order valence-corrected chi connectivity index (χ0v) is 19.2. The monoisotopic (exact) mass is 488 g/mol. The smallest absolute Gasteiger partial charge is 0.303 e. The third kappa shape index (κ3) is 5.42. The molecule has 1 aromatic carbocycles. The normalized spacial score (nSPS) is 25.8. The minimum Gasteiger partial charge on any atom is -0.496 e. The van der Waals surface area contributed by atoms with Crippen LogP contribution in [-0.4, -0.2) is 56.5 Å². The SMILES string of the molecule is COc1cc([C@H]2O[C@@H](C)[C@@H](OC(C)=O)[C@@H](OC(C)=O)[C@@H]2OC(C)=O)c(OC)cc1Br. The van der Waals surface area contributed by atoms with Crippen molar-refractivity contribution < 1.29 is 42.8 Å². The summed E-state index contributed by atoms with van der Waals surface area (Å²) in [5, 5.41) is 0. The molecule has 0 amide bonds. The molecule has 0 spiro atoms. The van der Waals surface area contributed by atoms with Crippen LogP contribution >= 0.6 is 15.9 Å². The first kappa shape index (κ1) is 23.9. The molecule has 1 aromatic rings. The predicted molar refractivity (Wildman–Crippen MR) is 107 cm³/mol. The number of carbonyl (C=O) groups is 3. The van der Waals surface area contributed by atoms with Crippen molar-refractivity contribution in [3.8, 4) is 11.5 Å². The van der Waals surface area contributed by atoms with E-state index in [9.17, 15) is 14.4 Å². The molecule has 0 bridgehead atoms. The van der Waals surface area contributed by atoms with Crippen LogP contribution in [0.25, 0.3) is 0 Å². The lowest BCUT2D eigenvalue weighted by Crippen LogP contribution is -2.57. The molecule has 0 saturated carbocycles. The average molecular weight is 489 g/mol. The van der Waals surface area contributed by atoms with E-state index < -0.39 is 48.4 Å². The molecular formula is C20H25BrO9. The minimum atomic E-state index is -1.10. The molecule has 0 aromatic heterocycles. The van der Waals surface area contributed by atoms with E-state index in [0.717, 1.165) is 0 Å². The summed E-state index contributed by atoms with van der Waals surface area (Å²) in [5.41, 5.74) is 0.508. The lowest BCUT2D eigenvalue weighted by molar-refractivity contribution is -0.245. The van der Waals surface area contributed by atoms with Gasteiger partial charge in [0.15, 0.2) is 18.3 Å². The van der Waals surface area contributed by atoms with Crippen molar-refractivity contribution >= 4 is 33.8 Å². The van der Waals surface area contributed by atoms with Gasteiger partial charge in [0.1, 0.15) is 17.6 Å². The van der Waals surface area contributed by atoms with Gasteiger partial charge >= 0.3 is 17.9 Å². The number of hydrogen-bond donors (Lipinski definition) is 0. The summed E-state index contributed by atoms with van der Waals surface area (Å²) in [5.74, 6) is -0.901. The van der Waals surface area contributed by atoms with E-state index in [0.29, 0.717) is 21.5 Å². The van der Waals surface area contributed by atoms with Gasteiger partial charge in [-0.1, -0.05) is 0 Å². The number of ether oxygens (including phenoxy) is 6. The van der Waals surface area contributed by atoms with E-state index in [1.165, 1.54) is 35.0 Å². The molecular weight excluding hydrogens is 464 g/mol. The Morgan fingerprint density at radius 1 is 0.833 bits per heavy atom. The lowest BCUT2D eigenvalue weighted by atomic mass is 9.90. The maximum Gasteiger partial charge on any atom is 0.303 e. The summed E-state index contributed by atoms with van der Waals surface area (Å²) in [6.45, 7) is 5.34. The summed E-state index contributed by atoms with van der Waals surface area (Å²) in [6.07, 6.45) is -4.75. The largest absolute Gasteiger partial charge is 0.496 e. The Balaban J connectivity index is 2.61. The molecule has 0 radical (unpaired) electrons. The number of esters is 3. The molecule has 0 aliphatic carbocycles. The van der Waals surface area contributed by atoms with Crippen molar-refractivity contribution in [3.05, 3.63) is 22.2 Å². The molecule has 1 aliphatic rings. The summed E-state index contributed by atoms with van der Waals surface area (Å²) < 4.78 is 33.9. The third-order valence-electron chi connectivity index (χ3n) is 4.49. The van der Waals surface area contributed by atoms with E-state index in [1.54, 1.807) is 19.1 Å². The minimum absolute atomic E-state index is 0.435. The van der Waals surface area contributed by atoms with Crippen LogP contribution in [0.5, 0.6) is 11.5 Å². The van der Waals surface area contributed by atoms with Crippen LogP contribution in [0, 0.1) is 0 Å². The van der Waals surface area contributed by atoms with Crippen LogP contribution in [0.2, 0.25) is 0 Å². The number of benzene rings is 1. The molecule has 0 unspecified atom stereocenters. The lowest BCUT2D eigenvalue weighted by Gasteiger charge is -2.44. The predicted octanol–water partition coefficient (Wildman–Crippen LogP) is 2.72. The highest BCUT2D eigenvalue weighted by Crippen LogP contribution is 2.43. The van der Waals surface area contributed by atoms with Gasteiger partial charge in [0.25, 0.3) is 0 Å². The fourth-order valence-corrected chi connectivity index (χ4v) is 3.85. The zero-order valence-electron chi connectivity index (χ0n) is 17.6. The number of methoxy groups -OCH3 is 2. The first-order valence-electron chi connectivity index (χ1n) is 9.17. The summed E-state index contributed by atoms with van der Waals surface area (Å²) in [7, 11) is 2.98. The van der Waals surface area contributed by atoms with Gasteiger partial charge in [-0.25, -0.2) is 0 Å². The van der Waals surface area contributed by atoms with Gasteiger partial charge in [-0.3, -0.25) is 14.4 Å². The van der Waals surface area contributed by atoms with E-state index in [4.69, 9.17) is 28.4 Å². The van der Waals surface area contributed by atoms with Crippen molar-refractivity contribution in [2.45, 2.75) is 58.2 Å². The van der Waals surface area contributed by atoms with Crippen molar-refractivity contribution in [3.63, 3.8) is 0 Å². The van der Waals surface area contributed by atoms with Gasteiger partial charge in [0, 0.05) is 26.3 Å². The summed E-state index contributed by atoms with van der Waals surface area (Å²) in [6, 6.07) is 3.36. The van der Waals surface area contributed by atoms with E-state index in [-0.39, 0.29) is 0 Å². The zero-order chi connectivity index (χ0) is 22.6. The van der Waals surface area contributed by atoms with Gasteiger partial charge in [-0.15, -0.1) is 0 Å². The molecule has 1 aliphatic heterocycles. The van der Waals surface area contributed by atoms with Gasteiger partial charge in [0.2, 0.25) is 0 Å². The molecule has 1 saturated heterocycles. The Kier molecular flexibility index (Phi) is 8.08. The second-order valence-corrected chi connectivity index (χ2v) is 7.57. The van der Waals surface area contributed by atoms with Gasteiger partial charge < -0.3 is 28.4 Å². The Morgan fingerprint density at radius 3 is 1.83 bits per heavy atom. The molecule has 1 fully saturated rings. The third-order valence-corrected chi connectivity index (χ3v) is 5.11. The molecule has 166 valence electrons. The first-order chi connectivity index (χ1) is 14.1. The van der Waals surface area contributed by atoms with Crippen LogP contribution in [0.1, 0.15) is 39.4 Å². The fraction of sp³-hybridized carbons (Fsp3) is 0.550. The number of halogens is 1. The van der Waals surface area contributed by atoms with Crippen LogP contribution in [-0.2, 0) is 33.3 Å². The second kappa shape index (κ2) is 10.1. The van der Waals surface area contributed by atoms with Gasteiger partial charge in [0.05, 0.1) is 24.8 Å². The maximum absolute atomic E-state index is 11.9. The Morgan fingerprint density at radius 2 is 1.33 bits per heavy atom. The fourth-order valence-electron chi connectivity index (χ4n) is 3.37. The Labute approximate surface area is 183 Å². The molecule has 0 N–H and O–H groups in total. The summed E-state index contributed by atoms with van der Waals surface area (Å²) in [4.78, 5) is 35.3. The molecule has 1 heterocycles. The number of carbonyl (C=O) groups excluding carboxylic acids is 3. The van der Waals surface area contributed by atoms with Crippen molar-refractivity contribution in [1.82, 2.24) is 0 Å². The number of hydrogen-bond acceptors (Lipinski definition) is 9. The van der Waals surface area contributed by atoms with E-state index >= 15 is 0 Å². The Bertz CT molecular complexity index is 810. The van der Waals surface area contributed by atoms with Gasteiger partial charge in [-0.05, 0) is 35.0 Å². The molecule has 10 heteroatoms. The van der Waals surface area contributed by atoms with Crippen LogP contribution in [0.4, 0.5) is 0 Å². The average Bonchev–Trinajstić information content (AvgIpc) is 2.65. The Hall–Kier alpha value is -2.33. The maximum atomic E-state index is 11.9. The molecule has 5 atom stereocenters. The van der Waals surface area contributed by atoms with Gasteiger partial charge in [-0.2, -0.15) is 0 Å². The number of rotatable bonds is 6. The molecule has 9 nitrogen and oxygen atoms in total. The highest BCUT2D eigenvalue weighted by Gasteiger charge is 2.51. The quantitative estimate of drug-likeness (QED) is 0.441. The van der Waals surface area contributed by atoms with Crippen LogP contribution in [0.15, 0.2) is 16.6 Å². The van der Waals surface area contributed by atoms with Crippen molar-refractivity contribution in [1.29, 1.82) is 0 Å². The topological polar surface area (TPSA) is 107 Å². The second-order valence-electron chi connectivity index (χ2n) is 6.71. The highest BCUT2D eigenvalue weighted by molar-refractivity contribution is 9.10.